The topological polar surface area (TPSA) is 62.1 Å². The summed E-state index contributed by atoms with van der Waals surface area (Å²) in [5.74, 6) is -0.378. The van der Waals surface area contributed by atoms with Crippen molar-refractivity contribution in [2.24, 2.45) is 0 Å². The summed E-state index contributed by atoms with van der Waals surface area (Å²) in [6.07, 6.45) is 0. The molecule has 88 valence electrons. The van der Waals surface area contributed by atoms with Gasteiger partial charge in [-0.3, -0.25) is 10.1 Å². The Labute approximate surface area is 101 Å². The van der Waals surface area contributed by atoms with Crippen LogP contribution in [-0.4, -0.2) is 19.6 Å². The molecular weight excluding hydrogens is 216 g/mol. The summed E-state index contributed by atoms with van der Waals surface area (Å²) in [5.41, 5.74) is 1.25. The summed E-state index contributed by atoms with van der Waals surface area (Å²) in [4.78, 5) is 11.1. The van der Waals surface area contributed by atoms with E-state index in [9.17, 15) is 4.79 Å². The zero-order chi connectivity index (χ0) is 12.7. The molecule has 1 unspecified atom stereocenters. The second kappa shape index (κ2) is 6.46. The van der Waals surface area contributed by atoms with Gasteiger partial charge >= 0.3 is 5.97 Å². The summed E-state index contributed by atoms with van der Waals surface area (Å²) in [7, 11) is 1.32. The van der Waals surface area contributed by atoms with Gasteiger partial charge in [-0.2, -0.15) is 5.26 Å². The summed E-state index contributed by atoms with van der Waals surface area (Å²) in [6.45, 7) is 3.72. The van der Waals surface area contributed by atoms with Gasteiger partial charge in [0, 0.05) is 5.57 Å². The van der Waals surface area contributed by atoms with Gasteiger partial charge in [-0.05, 0) is 5.56 Å². The predicted octanol–water partition coefficient (Wildman–Crippen LogP) is 1.57. The molecule has 0 aliphatic heterocycles. The molecular formula is C13H14N2O2. The number of nitrogens with zero attached hydrogens (tertiary/aromatic N) is 1. The number of carbonyl (C=O) groups excluding carboxylic acids is 1. The number of rotatable bonds is 5. The van der Waals surface area contributed by atoms with Crippen LogP contribution in [0.25, 0.3) is 0 Å². The monoisotopic (exact) mass is 230 g/mol. The first-order valence-electron chi connectivity index (χ1n) is 5.13. The third-order valence-corrected chi connectivity index (χ3v) is 2.30. The summed E-state index contributed by atoms with van der Waals surface area (Å²) >= 11 is 0. The van der Waals surface area contributed by atoms with Crippen molar-refractivity contribution in [2.45, 2.75) is 6.04 Å². The molecule has 0 aliphatic carbocycles. The average Bonchev–Trinajstić information content (AvgIpc) is 2.39. The zero-order valence-corrected chi connectivity index (χ0v) is 9.64. The van der Waals surface area contributed by atoms with E-state index in [1.807, 2.05) is 36.4 Å². The first-order chi connectivity index (χ1) is 8.19. The van der Waals surface area contributed by atoms with Crippen LogP contribution in [0.1, 0.15) is 11.6 Å². The minimum Gasteiger partial charge on any atom is -0.468 e. The van der Waals surface area contributed by atoms with E-state index < -0.39 is 0 Å². The Bertz CT molecular complexity index is 434. The van der Waals surface area contributed by atoms with Gasteiger partial charge in [0.1, 0.15) is 0 Å². The van der Waals surface area contributed by atoms with E-state index in [0.29, 0.717) is 5.57 Å². The van der Waals surface area contributed by atoms with Gasteiger partial charge in [0.2, 0.25) is 0 Å². The molecule has 0 bridgehead atoms. The quantitative estimate of drug-likeness (QED) is 0.616. The van der Waals surface area contributed by atoms with Crippen molar-refractivity contribution in [1.29, 1.82) is 5.26 Å². The Hall–Kier alpha value is -2.12. The van der Waals surface area contributed by atoms with Gasteiger partial charge in [-0.15, -0.1) is 0 Å². The SMILES string of the molecule is C=C(C#N)C(NCC(=O)OC)c1ccccc1. The van der Waals surface area contributed by atoms with Crippen LogP contribution < -0.4 is 5.32 Å². The summed E-state index contributed by atoms with van der Waals surface area (Å²) in [6, 6.07) is 11.0. The molecule has 1 aromatic carbocycles. The molecule has 0 radical (unpaired) electrons. The number of carbonyl (C=O) groups is 1. The number of nitrogens with one attached hydrogen (secondary N) is 1. The standard InChI is InChI=1S/C13H14N2O2/c1-10(8-14)13(15-9-12(16)17-2)11-6-4-3-5-7-11/h3-7,13,15H,1,9H2,2H3. The van der Waals surface area contributed by atoms with Gasteiger partial charge in [0.15, 0.2) is 0 Å². The van der Waals surface area contributed by atoms with Crippen LogP contribution in [0.2, 0.25) is 0 Å². The van der Waals surface area contributed by atoms with Crippen LogP contribution in [0, 0.1) is 11.3 Å². The molecule has 0 amide bonds. The molecule has 1 atom stereocenters. The molecule has 0 spiro atoms. The van der Waals surface area contributed by atoms with Crippen LogP contribution >= 0.6 is 0 Å². The van der Waals surface area contributed by atoms with Gasteiger partial charge < -0.3 is 4.74 Å². The lowest BCUT2D eigenvalue weighted by Gasteiger charge is -2.16. The van der Waals surface area contributed by atoms with Crippen molar-refractivity contribution in [1.82, 2.24) is 5.32 Å². The Morgan fingerprint density at radius 1 is 1.53 bits per heavy atom. The Morgan fingerprint density at radius 2 is 2.18 bits per heavy atom. The second-order valence-electron chi connectivity index (χ2n) is 3.44. The van der Waals surface area contributed by atoms with Crippen molar-refractivity contribution in [3.8, 4) is 6.07 Å². The van der Waals surface area contributed by atoms with Crippen LogP contribution in [-0.2, 0) is 9.53 Å². The van der Waals surface area contributed by atoms with Gasteiger partial charge in [0.05, 0.1) is 25.8 Å². The molecule has 0 aliphatic rings. The van der Waals surface area contributed by atoms with E-state index in [0.717, 1.165) is 5.56 Å². The van der Waals surface area contributed by atoms with Crippen molar-refractivity contribution in [2.75, 3.05) is 13.7 Å². The Balaban J connectivity index is 2.79. The van der Waals surface area contributed by atoms with Crippen LogP contribution in [0.3, 0.4) is 0 Å². The van der Waals surface area contributed by atoms with Crippen LogP contribution in [0.4, 0.5) is 0 Å². The number of ether oxygens (including phenoxy) is 1. The van der Waals surface area contributed by atoms with E-state index in [4.69, 9.17) is 5.26 Å². The maximum absolute atomic E-state index is 11.1. The third-order valence-electron chi connectivity index (χ3n) is 2.30. The van der Waals surface area contributed by atoms with E-state index in [2.05, 4.69) is 16.6 Å². The minimum atomic E-state index is -0.378. The number of nitriles is 1. The summed E-state index contributed by atoms with van der Waals surface area (Å²) in [5, 5.41) is 11.8. The number of hydrogen-bond acceptors (Lipinski definition) is 4. The third kappa shape index (κ3) is 3.74. The van der Waals surface area contributed by atoms with E-state index in [1.54, 1.807) is 0 Å². The number of methoxy groups -OCH3 is 1. The highest BCUT2D eigenvalue weighted by Gasteiger charge is 2.15. The maximum atomic E-state index is 11.1. The highest BCUT2D eigenvalue weighted by atomic mass is 16.5. The van der Waals surface area contributed by atoms with E-state index in [-0.39, 0.29) is 18.6 Å². The van der Waals surface area contributed by atoms with Gasteiger partial charge in [-0.1, -0.05) is 36.9 Å². The van der Waals surface area contributed by atoms with Crippen LogP contribution in [0.5, 0.6) is 0 Å². The molecule has 1 rings (SSSR count). The lowest BCUT2D eigenvalue weighted by Crippen LogP contribution is -2.29. The minimum absolute atomic E-state index is 0.0385. The average molecular weight is 230 g/mol. The molecule has 4 nitrogen and oxygen atoms in total. The number of hydrogen-bond donors (Lipinski definition) is 1. The van der Waals surface area contributed by atoms with Crippen LogP contribution in [0.15, 0.2) is 42.5 Å². The van der Waals surface area contributed by atoms with Gasteiger partial charge in [0.25, 0.3) is 0 Å². The van der Waals surface area contributed by atoms with Gasteiger partial charge in [-0.25, -0.2) is 0 Å². The Morgan fingerprint density at radius 3 is 2.71 bits per heavy atom. The van der Waals surface area contributed by atoms with E-state index in [1.165, 1.54) is 7.11 Å². The lowest BCUT2D eigenvalue weighted by atomic mass is 10.0. The molecule has 1 aromatic rings. The van der Waals surface area contributed by atoms with Crippen molar-refractivity contribution < 1.29 is 9.53 Å². The molecule has 0 fully saturated rings. The molecule has 4 heteroatoms. The highest BCUT2D eigenvalue weighted by molar-refractivity contribution is 5.71. The Kier molecular flexibility index (Phi) is 4.92. The molecule has 0 aromatic heterocycles. The maximum Gasteiger partial charge on any atom is 0.319 e. The zero-order valence-electron chi connectivity index (χ0n) is 9.64. The van der Waals surface area contributed by atoms with Crippen molar-refractivity contribution in [3.63, 3.8) is 0 Å². The predicted molar refractivity (Wildman–Crippen MR) is 64.0 cm³/mol. The molecule has 0 heterocycles. The fourth-order valence-corrected chi connectivity index (χ4v) is 1.41. The number of benzene rings is 1. The first-order valence-corrected chi connectivity index (χ1v) is 5.13. The number of esters is 1. The fraction of sp³-hybridized carbons (Fsp3) is 0.231. The first kappa shape index (κ1) is 12.9. The van der Waals surface area contributed by atoms with Crippen molar-refractivity contribution in [3.05, 3.63) is 48.0 Å². The summed E-state index contributed by atoms with van der Waals surface area (Å²) < 4.78 is 4.54. The highest BCUT2D eigenvalue weighted by Crippen LogP contribution is 2.19. The molecule has 0 saturated carbocycles. The smallest absolute Gasteiger partial charge is 0.319 e. The molecule has 1 N–H and O–H groups in total. The normalized spacial score (nSPS) is 11.3. The fourth-order valence-electron chi connectivity index (χ4n) is 1.41. The molecule has 0 saturated heterocycles. The lowest BCUT2D eigenvalue weighted by molar-refractivity contribution is -0.139. The largest absolute Gasteiger partial charge is 0.468 e. The van der Waals surface area contributed by atoms with E-state index >= 15 is 0 Å². The molecule has 17 heavy (non-hydrogen) atoms. The van der Waals surface area contributed by atoms with Crippen molar-refractivity contribution >= 4 is 5.97 Å². The second-order valence-corrected chi connectivity index (χ2v) is 3.44.